The first-order chi connectivity index (χ1) is 17.6. The lowest BCUT2D eigenvalue weighted by atomic mass is 9.98. The van der Waals surface area contributed by atoms with Gasteiger partial charge in [0.1, 0.15) is 36.0 Å². The van der Waals surface area contributed by atoms with Crippen LogP contribution < -0.4 is 9.47 Å². The number of benzene rings is 4. The predicted octanol–water partition coefficient (Wildman–Crippen LogP) is 6.12. The van der Waals surface area contributed by atoms with Gasteiger partial charge in [-0.1, -0.05) is 72.8 Å². The number of aryl methyl sites for hydroxylation is 4. The SMILES string of the molecule is O=C(O)c1ccc(OCCOc2ccc(CCc3ccccc3)cc2CCc2ccccc2)cc1O. The van der Waals surface area contributed by atoms with Crippen LogP contribution in [0.4, 0.5) is 0 Å². The van der Waals surface area contributed by atoms with Crippen molar-refractivity contribution >= 4 is 5.97 Å². The third-order valence-electron chi connectivity index (χ3n) is 6.01. The van der Waals surface area contributed by atoms with Gasteiger partial charge in [0.2, 0.25) is 0 Å². The van der Waals surface area contributed by atoms with Crippen LogP contribution in [-0.4, -0.2) is 29.4 Å². The molecule has 0 aliphatic heterocycles. The molecule has 2 N–H and O–H groups in total. The molecule has 0 spiro atoms. The molecule has 0 aliphatic rings. The van der Waals surface area contributed by atoms with Crippen LogP contribution in [0.3, 0.4) is 0 Å². The van der Waals surface area contributed by atoms with Gasteiger partial charge in [-0.2, -0.15) is 0 Å². The summed E-state index contributed by atoms with van der Waals surface area (Å²) in [6, 6.07) is 31.4. The molecular weight excluding hydrogens is 452 g/mol. The minimum atomic E-state index is -1.18. The zero-order valence-corrected chi connectivity index (χ0v) is 20.1. The van der Waals surface area contributed by atoms with Gasteiger partial charge in [-0.25, -0.2) is 4.79 Å². The van der Waals surface area contributed by atoms with Crippen molar-refractivity contribution in [3.8, 4) is 17.2 Å². The van der Waals surface area contributed by atoms with E-state index in [-0.39, 0.29) is 17.9 Å². The van der Waals surface area contributed by atoms with Gasteiger partial charge in [-0.15, -0.1) is 0 Å². The normalized spacial score (nSPS) is 10.7. The van der Waals surface area contributed by atoms with E-state index in [0.717, 1.165) is 37.0 Å². The van der Waals surface area contributed by atoms with Crippen molar-refractivity contribution < 1.29 is 24.5 Å². The Labute approximate surface area is 211 Å². The zero-order chi connectivity index (χ0) is 25.2. The van der Waals surface area contributed by atoms with Crippen molar-refractivity contribution in [2.45, 2.75) is 25.7 Å². The van der Waals surface area contributed by atoms with E-state index in [1.807, 2.05) is 18.2 Å². The highest BCUT2D eigenvalue weighted by Gasteiger charge is 2.11. The smallest absolute Gasteiger partial charge is 0.339 e. The molecule has 5 nitrogen and oxygen atoms in total. The molecule has 4 aromatic rings. The maximum atomic E-state index is 11.0. The minimum absolute atomic E-state index is 0.158. The average molecular weight is 483 g/mol. The van der Waals surface area contributed by atoms with Crippen LogP contribution in [0.5, 0.6) is 17.2 Å². The van der Waals surface area contributed by atoms with E-state index >= 15 is 0 Å². The third kappa shape index (κ3) is 7.12. The molecule has 0 atom stereocenters. The molecule has 184 valence electrons. The molecular formula is C31H30O5. The number of carbonyl (C=O) groups is 1. The molecule has 0 bridgehead atoms. The van der Waals surface area contributed by atoms with Crippen molar-refractivity contribution in [2.75, 3.05) is 13.2 Å². The highest BCUT2D eigenvalue weighted by atomic mass is 16.5. The Kier molecular flexibility index (Phi) is 8.60. The number of phenols is 1. The van der Waals surface area contributed by atoms with E-state index in [2.05, 4.69) is 60.7 Å². The third-order valence-corrected chi connectivity index (χ3v) is 6.01. The molecule has 0 amide bonds. The summed E-state index contributed by atoms with van der Waals surface area (Å²) in [6.45, 7) is 0.586. The lowest BCUT2D eigenvalue weighted by Gasteiger charge is -2.14. The predicted molar refractivity (Wildman–Crippen MR) is 140 cm³/mol. The highest BCUT2D eigenvalue weighted by Crippen LogP contribution is 2.25. The zero-order valence-electron chi connectivity index (χ0n) is 20.1. The Hall–Kier alpha value is -4.25. The molecule has 0 saturated carbocycles. The van der Waals surface area contributed by atoms with Crippen LogP contribution in [0.15, 0.2) is 97.1 Å². The van der Waals surface area contributed by atoms with Gasteiger partial charge < -0.3 is 19.7 Å². The number of ether oxygens (including phenoxy) is 2. The summed E-state index contributed by atoms with van der Waals surface area (Å²) >= 11 is 0. The van der Waals surface area contributed by atoms with E-state index < -0.39 is 5.97 Å². The number of carboxylic acids is 1. The van der Waals surface area contributed by atoms with Gasteiger partial charge in [0, 0.05) is 6.07 Å². The first-order valence-electron chi connectivity index (χ1n) is 12.1. The van der Waals surface area contributed by atoms with Crippen LogP contribution in [-0.2, 0) is 25.7 Å². The van der Waals surface area contributed by atoms with Gasteiger partial charge in [0.25, 0.3) is 0 Å². The van der Waals surface area contributed by atoms with Crippen molar-refractivity contribution in [2.24, 2.45) is 0 Å². The first kappa shape index (κ1) is 24.9. The maximum Gasteiger partial charge on any atom is 0.339 e. The molecule has 0 unspecified atom stereocenters. The van der Waals surface area contributed by atoms with Crippen LogP contribution in [0.2, 0.25) is 0 Å². The monoisotopic (exact) mass is 482 g/mol. The van der Waals surface area contributed by atoms with Gasteiger partial charge in [0.15, 0.2) is 0 Å². The fourth-order valence-electron chi connectivity index (χ4n) is 4.07. The van der Waals surface area contributed by atoms with Gasteiger partial charge in [0.05, 0.1) is 0 Å². The van der Waals surface area contributed by atoms with Crippen molar-refractivity contribution in [1.29, 1.82) is 0 Å². The summed E-state index contributed by atoms with van der Waals surface area (Å²) in [6.07, 6.45) is 3.73. The van der Waals surface area contributed by atoms with Crippen molar-refractivity contribution in [1.82, 2.24) is 0 Å². The van der Waals surface area contributed by atoms with Gasteiger partial charge in [-0.05, 0) is 66.1 Å². The molecule has 4 aromatic carbocycles. The van der Waals surface area contributed by atoms with Crippen LogP contribution in [0, 0.1) is 0 Å². The fourth-order valence-corrected chi connectivity index (χ4v) is 4.07. The Morgan fingerprint density at radius 3 is 1.89 bits per heavy atom. The number of hydrogen-bond donors (Lipinski definition) is 2. The molecule has 0 radical (unpaired) electrons. The molecule has 0 heterocycles. The molecule has 0 aliphatic carbocycles. The summed E-state index contributed by atoms with van der Waals surface area (Å²) in [7, 11) is 0. The second kappa shape index (κ2) is 12.5. The maximum absolute atomic E-state index is 11.0. The summed E-state index contributed by atoms with van der Waals surface area (Å²) in [4.78, 5) is 11.0. The standard InChI is InChI=1S/C31H30O5/c32-29-22-27(16-17-28(29)31(33)34)35-19-20-36-30-18-14-25(12-11-23-7-3-1-4-8-23)21-26(30)15-13-24-9-5-2-6-10-24/h1-10,14,16-18,21-22,32H,11-13,15,19-20H2,(H,33,34). The largest absolute Gasteiger partial charge is 0.507 e. The van der Waals surface area contributed by atoms with Crippen LogP contribution in [0.1, 0.15) is 32.6 Å². The molecule has 36 heavy (non-hydrogen) atoms. The Morgan fingerprint density at radius 2 is 1.25 bits per heavy atom. The lowest BCUT2D eigenvalue weighted by molar-refractivity contribution is 0.0693. The molecule has 0 fully saturated rings. The van der Waals surface area contributed by atoms with Crippen LogP contribution in [0.25, 0.3) is 0 Å². The lowest BCUT2D eigenvalue weighted by Crippen LogP contribution is -2.11. The highest BCUT2D eigenvalue weighted by molar-refractivity contribution is 5.90. The average Bonchev–Trinajstić information content (AvgIpc) is 2.90. The van der Waals surface area contributed by atoms with Gasteiger partial charge in [-0.3, -0.25) is 0 Å². The second-order valence-corrected chi connectivity index (χ2v) is 8.59. The first-order valence-corrected chi connectivity index (χ1v) is 12.1. The van der Waals surface area contributed by atoms with Gasteiger partial charge >= 0.3 is 5.97 Å². The molecule has 0 aromatic heterocycles. The van der Waals surface area contributed by atoms with E-state index in [0.29, 0.717) is 12.4 Å². The Bertz CT molecular complexity index is 1270. The van der Waals surface area contributed by atoms with E-state index in [1.165, 1.54) is 34.9 Å². The number of aromatic hydroxyl groups is 1. The molecule has 4 rings (SSSR count). The molecule has 5 heteroatoms. The number of carboxylic acid groups (broad SMARTS) is 1. The minimum Gasteiger partial charge on any atom is -0.507 e. The topological polar surface area (TPSA) is 76.0 Å². The summed E-state index contributed by atoms with van der Waals surface area (Å²) in [5.41, 5.74) is 4.88. The summed E-state index contributed by atoms with van der Waals surface area (Å²) < 4.78 is 11.7. The number of aromatic carboxylic acids is 1. The van der Waals surface area contributed by atoms with Crippen LogP contribution >= 0.6 is 0 Å². The van der Waals surface area contributed by atoms with E-state index in [1.54, 1.807) is 0 Å². The van der Waals surface area contributed by atoms with Crippen molar-refractivity contribution in [3.63, 3.8) is 0 Å². The Balaban J connectivity index is 1.38. The van der Waals surface area contributed by atoms with Crippen molar-refractivity contribution in [3.05, 3.63) is 125 Å². The second-order valence-electron chi connectivity index (χ2n) is 8.59. The van der Waals surface area contributed by atoms with E-state index in [4.69, 9.17) is 14.6 Å². The number of rotatable bonds is 12. The molecule has 0 saturated heterocycles. The quantitative estimate of drug-likeness (QED) is 0.238. The fraction of sp³-hybridized carbons (Fsp3) is 0.194. The summed E-state index contributed by atoms with van der Waals surface area (Å²) in [5.74, 6) is -0.281. The van der Waals surface area contributed by atoms with E-state index in [9.17, 15) is 9.90 Å². The Morgan fingerprint density at radius 1 is 0.639 bits per heavy atom. The summed E-state index contributed by atoms with van der Waals surface area (Å²) in [5, 5.41) is 18.9. The number of hydrogen-bond acceptors (Lipinski definition) is 4.